The highest BCUT2D eigenvalue weighted by Crippen LogP contribution is 2.24. The molecule has 3 N–H and O–H groups in total. The number of aliphatic imine (C=N–C) groups is 1. The number of aliphatic hydroxyl groups is 1. The molecule has 0 unspecified atom stereocenters. The van der Waals surface area contributed by atoms with Crippen LogP contribution >= 0.6 is 0 Å². The van der Waals surface area contributed by atoms with Gasteiger partial charge in [0, 0.05) is 29.2 Å². The van der Waals surface area contributed by atoms with Crippen LogP contribution in [0.25, 0.3) is 0 Å². The van der Waals surface area contributed by atoms with Gasteiger partial charge in [0.05, 0.1) is 22.9 Å². The molecule has 0 saturated carbocycles. The monoisotopic (exact) mass is 415 g/mol. The Labute approximate surface area is 167 Å². The standard InChI is InChI=1S/C20H18FN3O4S/c1-13-20(26)19(14(12-25)10-22-13)11-23-16-4-6-17(7-5-16)24-29(27,28)18-8-2-15(21)3-9-18/h2-11,24-26H,12H2,1H3. The summed E-state index contributed by atoms with van der Waals surface area (Å²) in [6.45, 7) is 1.34. The molecule has 1 aromatic heterocycles. The van der Waals surface area contributed by atoms with Crippen molar-refractivity contribution in [2.45, 2.75) is 18.4 Å². The molecule has 7 nitrogen and oxygen atoms in total. The van der Waals surface area contributed by atoms with Crippen LogP contribution in [0.3, 0.4) is 0 Å². The number of nitrogens with one attached hydrogen (secondary N) is 1. The molecule has 0 aliphatic carbocycles. The van der Waals surface area contributed by atoms with E-state index in [4.69, 9.17) is 0 Å². The van der Waals surface area contributed by atoms with Crippen molar-refractivity contribution in [3.05, 3.63) is 77.4 Å². The number of pyridine rings is 1. The fourth-order valence-electron chi connectivity index (χ4n) is 2.50. The van der Waals surface area contributed by atoms with Gasteiger partial charge in [-0.3, -0.25) is 14.7 Å². The van der Waals surface area contributed by atoms with E-state index in [0.717, 1.165) is 12.1 Å². The molecule has 1 heterocycles. The summed E-state index contributed by atoms with van der Waals surface area (Å²) in [6.07, 6.45) is 2.87. The number of anilines is 1. The fraction of sp³-hybridized carbons (Fsp3) is 0.100. The van der Waals surface area contributed by atoms with E-state index in [1.165, 1.54) is 36.7 Å². The predicted octanol–water partition coefficient (Wildman–Crippen LogP) is 3.28. The van der Waals surface area contributed by atoms with Gasteiger partial charge in [-0.25, -0.2) is 12.8 Å². The first-order chi connectivity index (χ1) is 13.8. The lowest BCUT2D eigenvalue weighted by molar-refractivity contribution is 0.280. The molecule has 0 aliphatic heterocycles. The summed E-state index contributed by atoms with van der Waals surface area (Å²) in [5.74, 6) is -0.588. The van der Waals surface area contributed by atoms with E-state index in [1.54, 1.807) is 19.1 Å². The second-order valence-electron chi connectivity index (χ2n) is 6.15. The van der Waals surface area contributed by atoms with Crippen LogP contribution in [0.15, 0.2) is 64.6 Å². The Bertz CT molecular complexity index is 1150. The van der Waals surface area contributed by atoms with E-state index in [9.17, 15) is 23.0 Å². The quantitative estimate of drug-likeness (QED) is 0.535. The van der Waals surface area contributed by atoms with E-state index >= 15 is 0 Å². The van der Waals surface area contributed by atoms with Crippen LogP contribution in [-0.2, 0) is 16.6 Å². The smallest absolute Gasteiger partial charge is 0.261 e. The van der Waals surface area contributed by atoms with Crippen molar-refractivity contribution >= 4 is 27.6 Å². The van der Waals surface area contributed by atoms with Gasteiger partial charge in [0.25, 0.3) is 10.0 Å². The average molecular weight is 415 g/mol. The second kappa shape index (κ2) is 8.38. The van der Waals surface area contributed by atoms with Crippen LogP contribution in [-0.4, -0.2) is 29.8 Å². The van der Waals surface area contributed by atoms with Crippen molar-refractivity contribution in [1.82, 2.24) is 4.98 Å². The summed E-state index contributed by atoms with van der Waals surface area (Å²) in [5, 5.41) is 19.5. The summed E-state index contributed by atoms with van der Waals surface area (Å²) >= 11 is 0. The molecule has 0 aliphatic rings. The Kier molecular flexibility index (Phi) is 5.90. The van der Waals surface area contributed by atoms with Gasteiger partial charge in [-0.1, -0.05) is 0 Å². The van der Waals surface area contributed by atoms with Crippen LogP contribution in [0.2, 0.25) is 0 Å². The van der Waals surface area contributed by atoms with Crippen molar-refractivity contribution in [2.75, 3.05) is 4.72 Å². The molecule has 29 heavy (non-hydrogen) atoms. The maximum absolute atomic E-state index is 13.0. The molecule has 3 aromatic rings. The third kappa shape index (κ3) is 4.76. The molecule has 0 bridgehead atoms. The minimum absolute atomic E-state index is 0.0546. The molecule has 0 fully saturated rings. The normalized spacial score (nSPS) is 11.7. The van der Waals surface area contributed by atoms with Gasteiger partial charge in [-0.2, -0.15) is 0 Å². The van der Waals surface area contributed by atoms with Gasteiger partial charge in [-0.05, 0) is 55.5 Å². The largest absolute Gasteiger partial charge is 0.505 e. The highest BCUT2D eigenvalue weighted by atomic mass is 32.2. The summed E-state index contributed by atoms with van der Waals surface area (Å²) in [5.41, 5.74) is 2.02. The van der Waals surface area contributed by atoms with E-state index in [0.29, 0.717) is 28.2 Å². The number of hydrogen-bond acceptors (Lipinski definition) is 6. The van der Waals surface area contributed by atoms with Gasteiger partial charge < -0.3 is 10.2 Å². The number of aromatic hydroxyl groups is 1. The van der Waals surface area contributed by atoms with Crippen molar-refractivity contribution in [1.29, 1.82) is 0 Å². The van der Waals surface area contributed by atoms with Crippen molar-refractivity contribution in [2.24, 2.45) is 4.99 Å². The van der Waals surface area contributed by atoms with Crippen LogP contribution in [0.5, 0.6) is 5.75 Å². The number of hydrogen-bond donors (Lipinski definition) is 3. The number of aromatic nitrogens is 1. The number of halogens is 1. The first kappa shape index (κ1) is 20.4. The van der Waals surface area contributed by atoms with Crippen molar-refractivity contribution < 1.29 is 23.0 Å². The maximum atomic E-state index is 13.0. The predicted molar refractivity (Wildman–Crippen MR) is 107 cm³/mol. The molecule has 0 radical (unpaired) electrons. The average Bonchev–Trinajstić information content (AvgIpc) is 2.70. The lowest BCUT2D eigenvalue weighted by atomic mass is 10.1. The van der Waals surface area contributed by atoms with Gasteiger partial charge in [-0.15, -0.1) is 0 Å². The zero-order chi connectivity index (χ0) is 21.0. The molecule has 0 atom stereocenters. The van der Waals surface area contributed by atoms with E-state index in [2.05, 4.69) is 14.7 Å². The fourth-order valence-corrected chi connectivity index (χ4v) is 3.56. The summed E-state index contributed by atoms with van der Waals surface area (Å²) in [7, 11) is -3.84. The summed E-state index contributed by atoms with van der Waals surface area (Å²) in [6, 6.07) is 10.7. The van der Waals surface area contributed by atoms with Crippen LogP contribution in [0.4, 0.5) is 15.8 Å². The topological polar surface area (TPSA) is 112 Å². The highest BCUT2D eigenvalue weighted by Gasteiger charge is 2.14. The number of aliphatic hydroxyl groups excluding tert-OH is 1. The zero-order valence-electron chi connectivity index (χ0n) is 15.4. The molecule has 0 spiro atoms. The van der Waals surface area contributed by atoms with Crippen LogP contribution in [0.1, 0.15) is 16.8 Å². The first-order valence-electron chi connectivity index (χ1n) is 8.51. The molecule has 0 amide bonds. The Morgan fingerprint density at radius 2 is 1.79 bits per heavy atom. The van der Waals surface area contributed by atoms with Crippen LogP contribution in [0, 0.1) is 12.7 Å². The number of aryl methyl sites for hydroxylation is 1. The number of nitrogens with zero attached hydrogens (tertiary/aromatic N) is 2. The Morgan fingerprint density at radius 1 is 1.14 bits per heavy atom. The molecular formula is C20H18FN3O4S. The van der Waals surface area contributed by atoms with Gasteiger partial charge in [0.15, 0.2) is 0 Å². The molecule has 9 heteroatoms. The SMILES string of the molecule is Cc1ncc(CO)c(C=Nc2ccc(NS(=O)(=O)c3ccc(F)cc3)cc2)c1O. The van der Waals surface area contributed by atoms with Gasteiger partial charge >= 0.3 is 0 Å². The molecule has 0 saturated heterocycles. The first-order valence-corrected chi connectivity index (χ1v) is 9.99. The van der Waals surface area contributed by atoms with Gasteiger partial charge in [0.1, 0.15) is 11.6 Å². The van der Waals surface area contributed by atoms with Crippen molar-refractivity contribution in [3.63, 3.8) is 0 Å². The highest BCUT2D eigenvalue weighted by molar-refractivity contribution is 7.92. The lowest BCUT2D eigenvalue weighted by Crippen LogP contribution is -2.12. The molecular weight excluding hydrogens is 397 g/mol. The maximum Gasteiger partial charge on any atom is 0.261 e. The Hall–Kier alpha value is -3.30. The Morgan fingerprint density at radius 3 is 2.41 bits per heavy atom. The summed E-state index contributed by atoms with van der Waals surface area (Å²) in [4.78, 5) is 8.18. The number of benzene rings is 2. The minimum atomic E-state index is -3.84. The van der Waals surface area contributed by atoms with Crippen LogP contribution < -0.4 is 4.72 Å². The molecule has 2 aromatic carbocycles. The minimum Gasteiger partial charge on any atom is -0.505 e. The number of rotatable bonds is 6. The van der Waals surface area contributed by atoms with E-state index < -0.39 is 15.8 Å². The van der Waals surface area contributed by atoms with Gasteiger partial charge in [0.2, 0.25) is 0 Å². The summed E-state index contributed by atoms with van der Waals surface area (Å²) < 4.78 is 40.0. The zero-order valence-corrected chi connectivity index (χ0v) is 16.2. The van der Waals surface area contributed by atoms with E-state index in [-0.39, 0.29) is 17.3 Å². The number of sulfonamides is 1. The third-order valence-corrected chi connectivity index (χ3v) is 5.51. The Balaban J connectivity index is 1.78. The lowest BCUT2D eigenvalue weighted by Gasteiger charge is -2.08. The molecule has 150 valence electrons. The second-order valence-corrected chi connectivity index (χ2v) is 7.84. The molecule has 3 rings (SSSR count). The third-order valence-electron chi connectivity index (χ3n) is 4.11. The van der Waals surface area contributed by atoms with Crippen molar-refractivity contribution in [3.8, 4) is 5.75 Å². The van der Waals surface area contributed by atoms with E-state index in [1.807, 2.05) is 0 Å².